The first kappa shape index (κ1) is 11.3. The number of hydrogen-bond donors (Lipinski definition) is 2. The Morgan fingerprint density at radius 2 is 1.67 bits per heavy atom. The molecule has 0 spiro atoms. The first-order valence-electron chi connectivity index (χ1n) is 7.74. The lowest BCUT2D eigenvalue weighted by Crippen LogP contribution is -2.46. The molecular weight excluding hydrogens is 226 g/mol. The zero-order valence-electron chi connectivity index (χ0n) is 10.8. The van der Waals surface area contributed by atoms with Gasteiger partial charge in [0.2, 0.25) is 5.91 Å². The van der Waals surface area contributed by atoms with Gasteiger partial charge >= 0.3 is 0 Å². The number of aliphatic hydroxyl groups excluding tert-OH is 1. The van der Waals surface area contributed by atoms with Crippen LogP contribution in [0.5, 0.6) is 0 Å². The Hall–Kier alpha value is -0.570. The number of fused-ring (bicyclic) bond motifs is 5. The summed E-state index contributed by atoms with van der Waals surface area (Å²) in [5.41, 5.74) is 0. The monoisotopic (exact) mass is 249 g/mol. The van der Waals surface area contributed by atoms with Crippen LogP contribution >= 0.6 is 0 Å². The number of carbonyl (C=O) groups excluding carboxylic acids is 1. The smallest absolute Gasteiger partial charge is 0.224 e. The fraction of sp³-hybridized carbons (Fsp3) is 0.933. The van der Waals surface area contributed by atoms with E-state index >= 15 is 0 Å². The molecule has 3 heteroatoms. The van der Waals surface area contributed by atoms with Gasteiger partial charge in [0.15, 0.2) is 0 Å². The minimum Gasteiger partial charge on any atom is -0.391 e. The standard InChI is InChI=1S/C15H23NO2/c17-11-4-2-1-3-10(11)16-15(18)14-12-8-5-6-9(7-8)13(12)14/h8-14,17H,1-7H2,(H,16,18). The summed E-state index contributed by atoms with van der Waals surface area (Å²) in [7, 11) is 0. The van der Waals surface area contributed by atoms with E-state index in [2.05, 4.69) is 5.32 Å². The van der Waals surface area contributed by atoms with Crippen molar-refractivity contribution < 1.29 is 9.90 Å². The minimum atomic E-state index is -0.307. The van der Waals surface area contributed by atoms with Crippen molar-refractivity contribution in [3.8, 4) is 0 Å². The molecule has 4 saturated carbocycles. The van der Waals surface area contributed by atoms with Crippen LogP contribution in [0.4, 0.5) is 0 Å². The average Bonchev–Trinajstić information content (AvgIpc) is 2.82. The van der Waals surface area contributed by atoms with E-state index in [1.807, 2.05) is 0 Å². The molecule has 100 valence electrons. The third-order valence-electron chi connectivity index (χ3n) is 6.10. The van der Waals surface area contributed by atoms with Crippen molar-refractivity contribution in [3.63, 3.8) is 0 Å². The highest BCUT2D eigenvalue weighted by molar-refractivity contribution is 5.83. The van der Waals surface area contributed by atoms with Crippen molar-refractivity contribution in [3.05, 3.63) is 0 Å². The van der Waals surface area contributed by atoms with Crippen molar-refractivity contribution in [1.82, 2.24) is 5.32 Å². The maximum Gasteiger partial charge on any atom is 0.224 e. The van der Waals surface area contributed by atoms with Gasteiger partial charge in [0.25, 0.3) is 0 Å². The normalized spacial score (nSPS) is 53.1. The average molecular weight is 249 g/mol. The summed E-state index contributed by atoms with van der Waals surface area (Å²) >= 11 is 0. The molecule has 18 heavy (non-hydrogen) atoms. The quantitative estimate of drug-likeness (QED) is 0.782. The fourth-order valence-corrected chi connectivity index (χ4v) is 5.23. The molecule has 4 fully saturated rings. The van der Waals surface area contributed by atoms with Gasteiger partial charge in [0.1, 0.15) is 0 Å². The van der Waals surface area contributed by atoms with Gasteiger partial charge < -0.3 is 10.4 Å². The van der Waals surface area contributed by atoms with Crippen LogP contribution in [0.3, 0.4) is 0 Å². The first-order chi connectivity index (χ1) is 8.75. The Kier molecular flexibility index (Phi) is 2.48. The third-order valence-corrected chi connectivity index (χ3v) is 6.10. The molecule has 2 bridgehead atoms. The fourth-order valence-electron chi connectivity index (χ4n) is 5.23. The molecule has 6 unspecified atom stereocenters. The molecule has 2 N–H and O–H groups in total. The predicted octanol–water partition coefficient (Wildman–Crippen LogP) is 1.70. The van der Waals surface area contributed by atoms with Crippen LogP contribution in [0, 0.1) is 29.6 Å². The molecule has 0 radical (unpaired) electrons. The summed E-state index contributed by atoms with van der Waals surface area (Å²) in [5.74, 6) is 3.70. The van der Waals surface area contributed by atoms with Crippen LogP contribution in [0.15, 0.2) is 0 Å². The molecule has 0 aromatic heterocycles. The second kappa shape index (κ2) is 3.96. The minimum absolute atomic E-state index is 0.0326. The summed E-state index contributed by atoms with van der Waals surface area (Å²) < 4.78 is 0. The Bertz CT molecular complexity index is 354. The van der Waals surface area contributed by atoms with Crippen molar-refractivity contribution in [2.24, 2.45) is 29.6 Å². The molecule has 0 saturated heterocycles. The Morgan fingerprint density at radius 3 is 2.33 bits per heavy atom. The van der Waals surface area contributed by atoms with Crippen molar-refractivity contribution >= 4 is 5.91 Å². The molecule has 4 aliphatic rings. The van der Waals surface area contributed by atoms with E-state index in [1.165, 1.54) is 19.3 Å². The summed E-state index contributed by atoms with van der Waals surface area (Å²) in [6, 6.07) is 0.0326. The molecule has 0 aliphatic heterocycles. The van der Waals surface area contributed by atoms with Crippen LogP contribution in [0.2, 0.25) is 0 Å². The maximum absolute atomic E-state index is 12.3. The van der Waals surface area contributed by atoms with Crippen LogP contribution in [0.1, 0.15) is 44.9 Å². The number of carbonyl (C=O) groups is 1. The summed E-state index contributed by atoms with van der Waals surface area (Å²) in [4.78, 5) is 12.3. The van der Waals surface area contributed by atoms with Gasteiger partial charge in [0, 0.05) is 5.92 Å². The maximum atomic E-state index is 12.3. The third kappa shape index (κ3) is 1.56. The molecular formula is C15H23NO2. The van der Waals surface area contributed by atoms with Crippen LogP contribution < -0.4 is 5.32 Å². The summed E-state index contributed by atoms with van der Waals surface area (Å²) in [6.45, 7) is 0. The van der Waals surface area contributed by atoms with Gasteiger partial charge in [-0.25, -0.2) is 0 Å². The van der Waals surface area contributed by atoms with E-state index in [0.717, 1.165) is 37.5 Å². The van der Waals surface area contributed by atoms with Gasteiger partial charge in [-0.2, -0.15) is 0 Å². The van der Waals surface area contributed by atoms with E-state index in [0.29, 0.717) is 17.8 Å². The lowest BCUT2D eigenvalue weighted by molar-refractivity contribution is -0.125. The van der Waals surface area contributed by atoms with Crippen molar-refractivity contribution in [1.29, 1.82) is 0 Å². The zero-order valence-corrected chi connectivity index (χ0v) is 10.8. The van der Waals surface area contributed by atoms with Gasteiger partial charge in [-0.05, 0) is 55.8 Å². The Morgan fingerprint density at radius 1 is 1.00 bits per heavy atom. The topological polar surface area (TPSA) is 49.3 Å². The second-order valence-corrected chi connectivity index (χ2v) is 6.98. The highest BCUT2D eigenvalue weighted by atomic mass is 16.3. The predicted molar refractivity (Wildman–Crippen MR) is 67.7 cm³/mol. The van der Waals surface area contributed by atoms with E-state index in [-0.39, 0.29) is 18.1 Å². The summed E-state index contributed by atoms with van der Waals surface area (Å²) in [5, 5.41) is 13.1. The largest absolute Gasteiger partial charge is 0.391 e. The van der Waals surface area contributed by atoms with E-state index in [1.54, 1.807) is 0 Å². The molecule has 0 heterocycles. The van der Waals surface area contributed by atoms with Gasteiger partial charge in [-0.3, -0.25) is 4.79 Å². The number of nitrogens with one attached hydrogen (secondary N) is 1. The van der Waals surface area contributed by atoms with E-state index in [9.17, 15) is 9.90 Å². The van der Waals surface area contributed by atoms with E-state index in [4.69, 9.17) is 0 Å². The van der Waals surface area contributed by atoms with Gasteiger partial charge in [0.05, 0.1) is 12.1 Å². The molecule has 4 rings (SSSR count). The Labute approximate surface area is 108 Å². The van der Waals surface area contributed by atoms with E-state index < -0.39 is 0 Å². The zero-order chi connectivity index (χ0) is 12.3. The van der Waals surface area contributed by atoms with Crippen molar-refractivity contribution in [2.45, 2.75) is 57.1 Å². The molecule has 3 nitrogen and oxygen atoms in total. The molecule has 0 aromatic rings. The highest BCUT2D eigenvalue weighted by Crippen LogP contribution is 2.69. The van der Waals surface area contributed by atoms with Crippen LogP contribution in [-0.2, 0) is 4.79 Å². The molecule has 6 atom stereocenters. The molecule has 1 amide bonds. The second-order valence-electron chi connectivity index (χ2n) is 6.98. The highest BCUT2D eigenvalue weighted by Gasteiger charge is 2.67. The van der Waals surface area contributed by atoms with Crippen LogP contribution in [-0.4, -0.2) is 23.2 Å². The lowest BCUT2D eigenvalue weighted by atomic mass is 9.92. The Balaban J connectivity index is 1.38. The number of hydrogen-bond acceptors (Lipinski definition) is 2. The van der Waals surface area contributed by atoms with Gasteiger partial charge in [-0.15, -0.1) is 0 Å². The van der Waals surface area contributed by atoms with Crippen LogP contribution in [0.25, 0.3) is 0 Å². The number of amides is 1. The molecule has 0 aromatic carbocycles. The van der Waals surface area contributed by atoms with Crippen molar-refractivity contribution in [2.75, 3.05) is 0 Å². The number of aliphatic hydroxyl groups is 1. The SMILES string of the molecule is O=C(NC1CCCCC1O)C1C2C3CCC(C3)C12. The summed E-state index contributed by atoms with van der Waals surface area (Å²) in [6.07, 6.45) is 7.87. The molecule has 4 aliphatic carbocycles. The number of rotatable bonds is 2. The first-order valence-corrected chi connectivity index (χ1v) is 7.74. The lowest BCUT2D eigenvalue weighted by Gasteiger charge is -2.28. The van der Waals surface area contributed by atoms with Gasteiger partial charge in [-0.1, -0.05) is 12.8 Å².